The van der Waals surface area contributed by atoms with Gasteiger partial charge in [-0.1, -0.05) is 6.07 Å². The fraction of sp³-hybridized carbons (Fsp3) is 0.300. The third kappa shape index (κ3) is 1.48. The van der Waals surface area contributed by atoms with Crippen molar-refractivity contribution in [1.29, 1.82) is 0 Å². The van der Waals surface area contributed by atoms with Gasteiger partial charge in [0.2, 0.25) is 5.91 Å². The Balaban J connectivity index is 2.42. The lowest BCUT2D eigenvalue weighted by molar-refractivity contribution is -0.123. The average Bonchev–Trinajstić information content (AvgIpc) is 2.97. The van der Waals surface area contributed by atoms with E-state index in [4.69, 9.17) is 5.84 Å². The molecule has 1 aliphatic rings. The number of nitrogens with two attached hydrogens (primary N) is 1. The highest BCUT2D eigenvalue weighted by Crippen LogP contribution is 2.49. The fourth-order valence-electron chi connectivity index (χ4n) is 1.76. The van der Waals surface area contributed by atoms with Crippen LogP contribution in [0.2, 0.25) is 0 Å². The predicted molar refractivity (Wildman–Crippen MR) is 49.6 cm³/mol. The molecule has 1 saturated carbocycles. The van der Waals surface area contributed by atoms with Crippen molar-refractivity contribution in [2.45, 2.75) is 18.3 Å². The molecule has 2 rings (SSSR count). The van der Waals surface area contributed by atoms with E-state index in [-0.39, 0.29) is 5.56 Å². The normalized spacial score (nSPS) is 17.3. The zero-order valence-electron chi connectivity index (χ0n) is 7.89. The lowest BCUT2D eigenvalue weighted by Gasteiger charge is -2.14. The van der Waals surface area contributed by atoms with Gasteiger partial charge in [0.1, 0.15) is 11.6 Å². The average molecular weight is 212 g/mol. The monoisotopic (exact) mass is 212 g/mol. The van der Waals surface area contributed by atoms with Gasteiger partial charge in [0.15, 0.2) is 0 Å². The van der Waals surface area contributed by atoms with Crippen molar-refractivity contribution in [3.05, 3.63) is 35.4 Å². The molecule has 1 aliphatic carbocycles. The molecule has 3 N–H and O–H groups in total. The molecule has 1 amide bonds. The first kappa shape index (κ1) is 10.0. The van der Waals surface area contributed by atoms with Crippen molar-refractivity contribution in [3.63, 3.8) is 0 Å². The summed E-state index contributed by atoms with van der Waals surface area (Å²) in [6.07, 6.45) is 1.08. The summed E-state index contributed by atoms with van der Waals surface area (Å²) in [5.74, 6) is 3.25. The minimum absolute atomic E-state index is 0.215. The van der Waals surface area contributed by atoms with E-state index >= 15 is 0 Å². The Morgan fingerprint density at radius 1 is 1.40 bits per heavy atom. The summed E-state index contributed by atoms with van der Waals surface area (Å²) in [4.78, 5) is 11.4. The van der Waals surface area contributed by atoms with Gasteiger partial charge in [-0.05, 0) is 18.9 Å². The van der Waals surface area contributed by atoms with Gasteiger partial charge in [-0.15, -0.1) is 0 Å². The first-order valence-electron chi connectivity index (χ1n) is 4.57. The van der Waals surface area contributed by atoms with E-state index in [1.807, 2.05) is 5.43 Å². The topological polar surface area (TPSA) is 55.1 Å². The molecule has 1 aromatic rings. The maximum Gasteiger partial charge on any atom is 0.244 e. The van der Waals surface area contributed by atoms with Gasteiger partial charge in [0, 0.05) is 11.6 Å². The molecule has 5 heteroatoms. The van der Waals surface area contributed by atoms with Crippen molar-refractivity contribution in [2.75, 3.05) is 0 Å². The highest BCUT2D eigenvalue weighted by molar-refractivity contribution is 5.90. The van der Waals surface area contributed by atoms with Crippen LogP contribution in [0.3, 0.4) is 0 Å². The number of halogens is 2. The van der Waals surface area contributed by atoms with Crippen LogP contribution in [-0.2, 0) is 10.2 Å². The molecule has 0 radical (unpaired) electrons. The van der Waals surface area contributed by atoms with E-state index in [9.17, 15) is 13.6 Å². The summed E-state index contributed by atoms with van der Waals surface area (Å²) in [5, 5.41) is 0. The third-order valence-electron chi connectivity index (χ3n) is 2.76. The maximum atomic E-state index is 13.4. The van der Waals surface area contributed by atoms with E-state index in [1.165, 1.54) is 6.07 Å². The molecule has 0 saturated heterocycles. The zero-order valence-corrected chi connectivity index (χ0v) is 7.89. The molecule has 0 spiro atoms. The summed E-state index contributed by atoms with van der Waals surface area (Å²) in [6, 6.07) is 3.22. The molecular formula is C10H10F2N2O. The second kappa shape index (κ2) is 3.27. The van der Waals surface area contributed by atoms with Crippen LogP contribution in [0.4, 0.5) is 8.78 Å². The molecule has 0 bridgehead atoms. The quantitative estimate of drug-likeness (QED) is 0.436. The number of nitrogens with one attached hydrogen (secondary N) is 1. The second-order valence-electron chi connectivity index (χ2n) is 3.68. The van der Waals surface area contributed by atoms with E-state index in [0.29, 0.717) is 12.8 Å². The van der Waals surface area contributed by atoms with Crippen LogP contribution in [0, 0.1) is 11.6 Å². The standard InChI is InChI=1S/C10H10F2N2O/c11-6-1-2-7(8(12)5-6)10(3-4-10)9(15)14-13/h1-2,5H,3-4,13H2,(H,14,15). The Labute approximate surface area is 85.2 Å². The third-order valence-corrected chi connectivity index (χ3v) is 2.76. The molecule has 15 heavy (non-hydrogen) atoms. The van der Waals surface area contributed by atoms with E-state index < -0.39 is 23.0 Å². The summed E-state index contributed by atoms with van der Waals surface area (Å²) < 4.78 is 26.1. The summed E-state index contributed by atoms with van der Waals surface area (Å²) >= 11 is 0. The van der Waals surface area contributed by atoms with Gasteiger partial charge >= 0.3 is 0 Å². The van der Waals surface area contributed by atoms with Gasteiger partial charge in [-0.25, -0.2) is 14.6 Å². The molecule has 80 valence electrons. The Morgan fingerprint density at radius 2 is 2.07 bits per heavy atom. The number of amides is 1. The predicted octanol–water partition coefficient (Wildman–Crippen LogP) is 0.986. The van der Waals surface area contributed by atoms with Crippen molar-refractivity contribution in [2.24, 2.45) is 5.84 Å². The van der Waals surface area contributed by atoms with E-state index in [0.717, 1.165) is 12.1 Å². The number of benzene rings is 1. The molecule has 0 aromatic heterocycles. The first-order chi connectivity index (χ1) is 7.10. The molecule has 3 nitrogen and oxygen atoms in total. The molecule has 1 fully saturated rings. The molecule has 1 aromatic carbocycles. The molecular weight excluding hydrogens is 202 g/mol. The van der Waals surface area contributed by atoms with Crippen LogP contribution in [0.5, 0.6) is 0 Å². The zero-order chi connectivity index (χ0) is 11.1. The smallest absolute Gasteiger partial charge is 0.244 e. The Bertz CT molecular complexity index is 416. The Hall–Kier alpha value is -1.49. The van der Waals surface area contributed by atoms with Gasteiger partial charge in [0.25, 0.3) is 0 Å². The van der Waals surface area contributed by atoms with E-state index in [2.05, 4.69) is 0 Å². The van der Waals surface area contributed by atoms with Crippen molar-refractivity contribution < 1.29 is 13.6 Å². The van der Waals surface area contributed by atoms with Crippen LogP contribution in [0.1, 0.15) is 18.4 Å². The number of hydrazine groups is 1. The minimum Gasteiger partial charge on any atom is -0.293 e. The number of hydrogen-bond acceptors (Lipinski definition) is 2. The number of hydrogen-bond donors (Lipinski definition) is 2. The van der Waals surface area contributed by atoms with Gasteiger partial charge in [-0.2, -0.15) is 0 Å². The highest BCUT2D eigenvalue weighted by Gasteiger charge is 2.52. The number of carbonyl (C=O) groups excluding carboxylic acids is 1. The van der Waals surface area contributed by atoms with Crippen LogP contribution >= 0.6 is 0 Å². The maximum absolute atomic E-state index is 13.4. The highest BCUT2D eigenvalue weighted by atomic mass is 19.1. The summed E-state index contributed by atoms with van der Waals surface area (Å²) in [6.45, 7) is 0. The lowest BCUT2D eigenvalue weighted by Crippen LogP contribution is -2.39. The van der Waals surface area contributed by atoms with Crippen LogP contribution in [0.25, 0.3) is 0 Å². The summed E-state index contributed by atoms with van der Waals surface area (Å²) in [5.41, 5.74) is 1.34. The Morgan fingerprint density at radius 3 is 2.53 bits per heavy atom. The first-order valence-corrected chi connectivity index (χ1v) is 4.57. The molecule has 0 atom stereocenters. The summed E-state index contributed by atoms with van der Waals surface area (Å²) in [7, 11) is 0. The minimum atomic E-state index is -0.882. The van der Waals surface area contributed by atoms with Crippen LogP contribution in [-0.4, -0.2) is 5.91 Å². The van der Waals surface area contributed by atoms with Crippen molar-refractivity contribution >= 4 is 5.91 Å². The van der Waals surface area contributed by atoms with Crippen molar-refractivity contribution in [1.82, 2.24) is 5.43 Å². The van der Waals surface area contributed by atoms with Gasteiger partial charge < -0.3 is 0 Å². The van der Waals surface area contributed by atoms with Crippen LogP contribution < -0.4 is 11.3 Å². The molecule has 0 unspecified atom stereocenters. The molecule has 0 heterocycles. The molecule has 0 aliphatic heterocycles. The second-order valence-corrected chi connectivity index (χ2v) is 3.68. The fourth-order valence-corrected chi connectivity index (χ4v) is 1.76. The van der Waals surface area contributed by atoms with Crippen LogP contribution in [0.15, 0.2) is 18.2 Å². The van der Waals surface area contributed by atoms with Gasteiger partial charge in [-0.3, -0.25) is 10.2 Å². The van der Waals surface area contributed by atoms with Gasteiger partial charge in [0.05, 0.1) is 5.41 Å². The van der Waals surface area contributed by atoms with E-state index in [1.54, 1.807) is 0 Å². The largest absolute Gasteiger partial charge is 0.293 e. The SMILES string of the molecule is NNC(=O)C1(c2ccc(F)cc2F)CC1. The number of carbonyl (C=O) groups is 1. The van der Waals surface area contributed by atoms with Crippen molar-refractivity contribution in [3.8, 4) is 0 Å². The lowest BCUT2D eigenvalue weighted by atomic mass is 9.94. The Kier molecular flexibility index (Phi) is 2.19. The number of rotatable bonds is 2.